The molecule has 6 aromatic rings. The first-order valence-corrected chi connectivity index (χ1v) is 14.5. The number of aromatic amines is 1. The van der Waals surface area contributed by atoms with Crippen LogP contribution in [0.5, 0.6) is 0 Å². The first kappa shape index (κ1) is 25.4. The molecule has 0 radical (unpaired) electrons. The summed E-state index contributed by atoms with van der Waals surface area (Å²) in [5.74, 6) is 0.931. The number of piperidine rings is 1. The molecule has 4 heterocycles. The number of aryl methyl sites for hydroxylation is 1. The van der Waals surface area contributed by atoms with Crippen LogP contribution in [-0.4, -0.2) is 49.0 Å². The number of H-pyrrole nitrogens is 1. The number of nitrogens with zero attached hydrogens (tertiary/aromatic N) is 5. The first-order chi connectivity index (χ1) is 20.2. The number of imidazole rings is 1. The van der Waals surface area contributed by atoms with E-state index in [-0.39, 0.29) is 5.56 Å². The summed E-state index contributed by atoms with van der Waals surface area (Å²) in [4.78, 5) is 32.6. The van der Waals surface area contributed by atoms with Crippen LogP contribution in [-0.2, 0) is 6.54 Å². The highest BCUT2D eigenvalue weighted by Crippen LogP contribution is 2.30. The highest BCUT2D eigenvalue weighted by molar-refractivity contribution is 5.93. The molecule has 1 aliphatic rings. The van der Waals surface area contributed by atoms with Crippen molar-refractivity contribution in [1.82, 2.24) is 29.4 Å². The largest absolute Gasteiger partial charge is 0.324 e. The van der Waals surface area contributed by atoms with Gasteiger partial charge in [-0.2, -0.15) is 0 Å². The third kappa shape index (κ3) is 5.16. The highest BCUT2D eigenvalue weighted by atomic mass is 16.1. The van der Waals surface area contributed by atoms with Gasteiger partial charge in [-0.3, -0.25) is 9.78 Å². The summed E-state index contributed by atoms with van der Waals surface area (Å²) in [6.07, 6.45) is 8.61. The van der Waals surface area contributed by atoms with Crippen molar-refractivity contribution in [2.75, 3.05) is 19.6 Å². The maximum absolute atomic E-state index is 13.0. The molecule has 7 rings (SSSR count). The summed E-state index contributed by atoms with van der Waals surface area (Å²) < 4.78 is 2.33. The van der Waals surface area contributed by atoms with Crippen LogP contribution in [0.4, 0.5) is 0 Å². The molecular formula is C34H32N6O. The van der Waals surface area contributed by atoms with Gasteiger partial charge in [0.05, 0.1) is 22.1 Å². The molecule has 1 saturated heterocycles. The lowest BCUT2D eigenvalue weighted by molar-refractivity contribution is 0.223. The zero-order valence-electron chi connectivity index (χ0n) is 23.0. The van der Waals surface area contributed by atoms with E-state index in [0.29, 0.717) is 11.2 Å². The fourth-order valence-corrected chi connectivity index (χ4v) is 5.94. The van der Waals surface area contributed by atoms with Crippen LogP contribution in [0.15, 0.2) is 96.1 Å². The zero-order chi connectivity index (χ0) is 27.6. The average molecular weight is 541 g/mol. The molecule has 7 nitrogen and oxygen atoms in total. The predicted molar refractivity (Wildman–Crippen MR) is 165 cm³/mol. The number of rotatable bonds is 7. The molecule has 204 valence electrons. The number of fused-ring (bicyclic) bond motifs is 2. The molecule has 1 fully saturated rings. The van der Waals surface area contributed by atoms with Crippen molar-refractivity contribution < 1.29 is 0 Å². The third-order valence-corrected chi connectivity index (χ3v) is 8.07. The van der Waals surface area contributed by atoms with Crippen LogP contribution in [0.25, 0.3) is 55.8 Å². The normalized spacial score (nSPS) is 14.1. The van der Waals surface area contributed by atoms with Crippen molar-refractivity contribution in [1.29, 1.82) is 0 Å². The van der Waals surface area contributed by atoms with Gasteiger partial charge in [0.2, 0.25) is 0 Å². The smallest absolute Gasteiger partial charge is 0.274 e. The highest BCUT2D eigenvalue weighted by Gasteiger charge is 2.17. The fourth-order valence-electron chi connectivity index (χ4n) is 5.94. The van der Waals surface area contributed by atoms with E-state index in [1.807, 2.05) is 60.9 Å². The summed E-state index contributed by atoms with van der Waals surface area (Å²) >= 11 is 0. The van der Waals surface area contributed by atoms with E-state index < -0.39 is 0 Å². The molecule has 41 heavy (non-hydrogen) atoms. The molecule has 1 N–H and O–H groups in total. The predicted octanol–water partition coefficient (Wildman–Crippen LogP) is 6.54. The van der Waals surface area contributed by atoms with Crippen molar-refractivity contribution >= 4 is 22.1 Å². The number of benzene rings is 3. The van der Waals surface area contributed by atoms with Gasteiger partial charge in [-0.15, -0.1) is 0 Å². The lowest BCUT2D eigenvalue weighted by Crippen LogP contribution is -2.31. The number of hydrogen-bond donors (Lipinski definition) is 1. The maximum atomic E-state index is 13.0. The van der Waals surface area contributed by atoms with Gasteiger partial charge in [0.1, 0.15) is 11.5 Å². The molecule has 0 atom stereocenters. The standard InChI is InChI=1S/C34H32N6O/c41-34-32(26-8-3-1-4-9-26)36-29-23-31-30(22-28(29)38-34)37-33(40(31)21-7-20-39-18-5-2-6-19-39)27-12-10-24(11-13-27)25-14-16-35-17-15-25/h1,3-4,8-17,22-23H,2,5-7,18-21H2,(H,38,41). The average Bonchev–Trinajstić information content (AvgIpc) is 3.38. The number of nitrogens with one attached hydrogen (secondary N) is 1. The van der Waals surface area contributed by atoms with Gasteiger partial charge in [0.15, 0.2) is 0 Å². The van der Waals surface area contributed by atoms with Gasteiger partial charge in [-0.05, 0) is 74.3 Å². The van der Waals surface area contributed by atoms with Crippen LogP contribution in [0.3, 0.4) is 0 Å². The van der Waals surface area contributed by atoms with Crippen molar-refractivity contribution in [3.8, 4) is 33.8 Å². The Labute approximate surface area is 238 Å². The Morgan fingerprint density at radius 2 is 1.44 bits per heavy atom. The minimum absolute atomic E-state index is 0.198. The number of pyridine rings is 1. The van der Waals surface area contributed by atoms with Gasteiger partial charge in [0.25, 0.3) is 5.56 Å². The van der Waals surface area contributed by atoms with Gasteiger partial charge in [-0.25, -0.2) is 9.97 Å². The van der Waals surface area contributed by atoms with E-state index >= 15 is 0 Å². The summed E-state index contributed by atoms with van der Waals surface area (Å²) in [7, 11) is 0. The molecular weight excluding hydrogens is 508 g/mol. The molecule has 0 bridgehead atoms. The Morgan fingerprint density at radius 1 is 0.707 bits per heavy atom. The van der Waals surface area contributed by atoms with Gasteiger partial charge < -0.3 is 14.5 Å². The molecule has 3 aromatic carbocycles. The van der Waals surface area contributed by atoms with E-state index in [9.17, 15) is 4.79 Å². The van der Waals surface area contributed by atoms with Gasteiger partial charge in [0, 0.05) is 30.1 Å². The third-order valence-electron chi connectivity index (χ3n) is 8.07. The monoisotopic (exact) mass is 540 g/mol. The summed E-state index contributed by atoms with van der Waals surface area (Å²) in [5.41, 5.74) is 7.72. The van der Waals surface area contributed by atoms with Gasteiger partial charge in [-0.1, -0.05) is 61.0 Å². The second-order valence-corrected chi connectivity index (χ2v) is 10.8. The Morgan fingerprint density at radius 3 is 2.22 bits per heavy atom. The Bertz CT molecular complexity index is 1850. The van der Waals surface area contributed by atoms with Crippen LogP contribution >= 0.6 is 0 Å². The second-order valence-electron chi connectivity index (χ2n) is 10.8. The molecule has 0 spiro atoms. The lowest BCUT2D eigenvalue weighted by Gasteiger charge is -2.26. The maximum Gasteiger partial charge on any atom is 0.274 e. The topological polar surface area (TPSA) is 79.7 Å². The van der Waals surface area contributed by atoms with E-state index in [1.165, 1.54) is 32.4 Å². The van der Waals surface area contributed by atoms with Crippen LogP contribution in [0.2, 0.25) is 0 Å². The first-order valence-electron chi connectivity index (χ1n) is 14.5. The van der Waals surface area contributed by atoms with E-state index in [2.05, 4.69) is 49.8 Å². The Balaban J connectivity index is 1.30. The summed E-state index contributed by atoms with van der Waals surface area (Å²) in [6, 6.07) is 26.3. The molecule has 0 saturated carbocycles. The minimum Gasteiger partial charge on any atom is -0.324 e. The molecule has 0 unspecified atom stereocenters. The van der Waals surface area contributed by atoms with Crippen molar-refractivity contribution in [2.24, 2.45) is 0 Å². The van der Waals surface area contributed by atoms with E-state index in [4.69, 9.17) is 9.97 Å². The Hall–Kier alpha value is -4.62. The lowest BCUT2D eigenvalue weighted by atomic mass is 10.0. The second kappa shape index (κ2) is 11.1. The summed E-state index contributed by atoms with van der Waals surface area (Å²) in [5, 5.41) is 0. The molecule has 0 aliphatic carbocycles. The fraction of sp³-hybridized carbons (Fsp3) is 0.235. The minimum atomic E-state index is -0.198. The summed E-state index contributed by atoms with van der Waals surface area (Å²) in [6.45, 7) is 4.32. The molecule has 0 amide bonds. The zero-order valence-corrected chi connectivity index (χ0v) is 23.0. The number of hydrogen-bond acceptors (Lipinski definition) is 5. The van der Waals surface area contributed by atoms with Crippen molar-refractivity contribution in [2.45, 2.75) is 32.2 Å². The van der Waals surface area contributed by atoms with Crippen molar-refractivity contribution in [3.63, 3.8) is 0 Å². The van der Waals surface area contributed by atoms with E-state index in [0.717, 1.165) is 64.1 Å². The van der Waals surface area contributed by atoms with Crippen molar-refractivity contribution in [3.05, 3.63) is 102 Å². The van der Waals surface area contributed by atoms with Crippen LogP contribution in [0.1, 0.15) is 25.7 Å². The van der Waals surface area contributed by atoms with E-state index in [1.54, 1.807) is 0 Å². The SMILES string of the molecule is O=c1[nH]c2cc3nc(-c4ccc(-c5ccncc5)cc4)n(CCCN4CCCCC4)c3cc2nc1-c1ccccc1. The quantitative estimate of drug-likeness (QED) is 0.249. The molecule has 7 heteroatoms. The van der Waals surface area contributed by atoms with Gasteiger partial charge >= 0.3 is 0 Å². The Kier molecular flexibility index (Phi) is 6.86. The number of likely N-dealkylation sites (tertiary alicyclic amines) is 1. The molecule has 3 aromatic heterocycles. The number of aromatic nitrogens is 5. The van der Waals surface area contributed by atoms with Crippen LogP contribution < -0.4 is 5.56 Å². The molecule has 1 aliphatic heterocycles. The van der Waals surface area contributed by atoms with Crippen LogP contribution in [0, 0.1) is 0 Å².